The Balaban J connectivity index is 2.48. The lowest BCUT2D eigenvalue weighted by molar-refractivity contribution is 0.578. The third-order valence-corrected chi connectivity index (χ3v) is 6.00. The highest BCUT2D eigenvalue weighted by molar-refractivity contribution is 7.91. The molecule has 0 atom stereocenters. The Morgan fingerprint density at radius 3 is 2.60 bits per heavy atom. The summed E-state index contributed by atoms with van der Waals surface area (Å²) in [5.74, 6) is 0. The first-order valence-electron chi connectivity index (χ1n) is 7.27. The van der Waals surface area contributed by atoms with E-state index >= 15 is 0 Å². The van der Waals surface area contributed by atoms with Gasteiger partial charge in [-0.05, 0) is 25.0 Å². The molecule has 0 aliphatic carbocycles. The molecule has 1 aromatic rings. The van der Waals surface area contributed by atoms with E-state index in [4.69, 9.17) is 0 Å². The van der Waals surface area contributed by atoms with Gasteiger partial charge >= 0.3 is 0 Å². The molecule has 0 saturated heterocycles. The number of sulfonamides is 1. The molecule has 0 amide bonds. The fourth-order valence-corrected chi connectivity index (χ4v) is 4.25. The topological polar surface area (TPSA) is 58.2 Å². The zero-order chi connectivity index (χ0) is 15.0. The van der Waals surface area contributed by atoms with Gasteiger partial charge in [-0.3, -0.25) is 0 Å². The zero-order valence-electron chi connectivity index (χ0n) is 12.6. The van der Waals surface area contributed by atoms with E-state index < -0.39 is 10.0 Å². The number of hydrogen-bond acceptors (Lipinski definition) is 4. The number of unbranched alkanes of at least 4 members (excludes halogenated alkanes) is 2. The Morgan fingerprint density at radius 2 is 1.95 bits per heavy atom. The van der Waals surface area contributed by atoms with E-state index in [1.807, 2.05) is 6.07 Å². The summed E-state index contributed by atoms with van der Waals surface area (Å²) in [5, 5.41) is 3.33. The lowest BCUT2D eigenvalue weighted by atomic mass is 10.3. The van der Waals surface area contributed by atoms with Crippen LogP contribution in [0.5, 0.6) is 0 Å². The van der Waals surface area contributed by atoms with Gasteiger partial charge in [-0.1, -0.05) is 33.6 Å². The zero-order valence-corrected chi connectivity index (χ0v) is 14.2. The van der Waals surface area contributed by atoms with Crippen molar-refractivity contribution in [2.45, 2.75) is 56.7 Å². The summed E-state index contributed by atoms with van der Waals surface area (Å²) in [6, 6.07) is 4.07. The lowest BCUT2D eigenvalue weighted by Crippen LogP contribution is -2.24. The first-order valence-corrected chi connectivity index (χ1v) is 9.57. The summed E-state index contributed by atoms with van der Waals surface area (Å²) in [4.78, 5) is 1.10. The average Bonchev–Trinajstić information content (AvgIpc) is 2.84. The first-order chi connectivity index (χ1) is 9.45. The summed E-state index contributed by atoms with van der Waals surface area (Å²) >= 11 is 1.36. The van der Waals surface area contributed by atoms with Gasteiger partial charge in [0.05, 0.1) is 0 Å². The largest absolute Gasteiger partial charge is 0.314 e. The van der Waals surface area contributed by atoms with E-state index in [0.717, 1.165) is 37.1 Å². The van der Waals surface area contributed by atoms with Gasteiger partial charge < -0.3 is 5.32 Å². The van der Waals surface area contributed by atoms with Gasteiger partial charge in [0, 0.05) is 24.0 Å². The van der Waals surface area contributed by atoms with Crippen LogP contribution in [0.4, 0.5) is 0 Å². The lowest BCUT2D eigenvalue weighted by Gasteiger charge is -2.06. The molecule has 0 saturated carbocycles. The molecular formula is C14H26N2O2S2. The van der Waals surface area contributed by atoms with Crippen molar-refractivity contribution in [3.05, 3.63) is 17.0 Å². The van der Waals surface area contributed by atoms with Crippen molar-refractivity contribution >= 4 is 21.4 Å². The smallest absolute Gasteiger partial charge is 0.250 e. The van der Waals surface area contributed by atoms with E-state index in [1.165, 1.54) is 11.3 Å². The third kappa shape index (κ3) is 6.35. The number of hydrogen-bond donors (Lipinski definition) is 2. The van der Waals surface area contributed by atoms with Gasteiger partial charge in [-0.15, -0.1) is 11.3 Å². The number of thiophene rings is 1. The van der Waals surface area contributed by atoms with E-state index in [9.17, 15) is 8.42 Å². The van der Waals surface area contributed by atoms with Crippen LogP contribution in [0.25, 0.3) is 0 Å². The quantitative estimate of drug-likeness (QED) is 0.652. The summed E-state index contributed by atoms with van der Waals surface area (Å²) in [5.41, 5.74) is 0. The molecule has 0 aromatic carbocycles. The molecule has 0 fully saturated rings. The molecule has 1 aromatic heterocycles. The molecule has 4 nitrogen and oxygen atoms in total. The number of nitrogens with one attached hydrogen (secondary N) is 2. The Kier molecular flexibility index (Phi) is 7.72. The van der Waals surface area contributed by atoms with E-state index in [-0.39, 0.29) is 0 Å². The van der Waals surface area contributed by atoms with Gasteiger partial charge in [0.15, 0.2) is 0 Å². The highest BCUT2D eigenvalue weighted by atomic mass is 32.2. The van der Waals surface area contributed by atoms with Crippen LogP contribution in [0.15, 0.2) is 16.3 Å². The first kappa shape index (κ1) is 17.6. The van der Waals surface area contributed by atoms with Gasteiger partial charge in [0.2, 0.25) is 10.0 Å². The molecule has 1 rings (SSSR count). The second-order valence-electron chi connectivity index (χ2n) is 5.18. The van der Waals surface area contributed by atoms with Crippen LogP contribution in [0.3, 0.4) is 0 Å². The van der Waals surface area contributed by atoms with Crippen molar-refractivity contribution < 1.29 is 8.42 Å². The molecule has 0 aliphatic heterocycles. The van der Waals surface area contributed by atoms with Gasteiger partial charge in [0.25, 0.3) is 0 Å². The van der Waals surface area contributed by atoms with Crippen LogP contribution in [0.1, 0.15) is 44.9 Å². The van der Waals surface area contributed by atoms with Crippen LogP contribution in [-0.4, -0.2) is 27.5 Å². The van der Waals surface area contributed by atoms with E-state index in [1.54, 1.807) is 6.07 Å². The van der Waals surface area contributed by atoms with Crippen molar-refractivity contribution in [3.8, 4) is 0 Å². The number of rotatable bonds is 10. The van der Waals surface area contributed by atoms with E-state index in [2.05, 4.69) is 30.8 Å². The molecule has 20 heavy (non-hydrogen) atoms. The molecule has 2 N–H and O–H groups in total. The minimum absolute atomic E-state index is 0.425. The van der Waals surface area contributed by atoms with Crippen LogP contribution < -0.4 is 10.0 Å². The van der Waals surface area contributed by atoms with Crippen molar-refractivity contribution in [1.29, 1.82) is 0 Å². The summed E-state index contributed by atoms with van der Waals surface area (Å²) in [6.45, 7) is 7.71. The SMILES string of the molecule is CCCCCNS(=O)(=O)c1ccc(CCNC(C)C)s1. The molecule has 0 spiro atoms. The van der Waals surface area contributed by atoms with Gasteiger partial charge in [-0.25, -0.2) is 13.1 Å². The fourth-order valence-electron chi connectivity index (χ4n) is 1.77. The maximum absolute atomic E-state index is 12.1. The molecule has 6 heteroatoms. The highest BCUT2D eigenvalue weighted by Crippen LogP contribution is 2.21. The van der Waals surface area contributed by atoms with Crippen molar-refractivity contribution in [2.24, 2.45) is 0 Å². The van der Waals surface area contributed by atoms with Crippen molar-refractivity contribution in [3.63, 3.8) is 0 Å². The standard InChI is InChI=1S/C14H26N2O2S2/c1-4-5-6-10-16-20(17,18)14-8-7-13(19-14)9-11-15-12(2)3/h7-8,12,15-16H,4-6,9-11H2,1-3H3. The molecule has 0 aliphatic rings. The van der Waals surface area contributed by atoms with Crippen LogP contribution >= 0.6 is 11.3 Å². The predicted molar refractivity (Wildman–Crippen MR) is 85.9 cm³/mol. The van der Waals surface area contributed by atoms with Crippen LogP contribution in [0.2, 0.25) is 0 Å². The highest BCUT2D eigenvalue weighted by Gasteiger charge is 2.15. The molecule has 1 heterocycles. The summed E-state index contributed by atoms with van der Waals surface area (Å²) < 4.78 is 27.2. The minimum Gasteiger partial charge on any atom is -0.314 e. The fraction of sp³-hybridized carbons (Fsp3) is 0.714. The molecule has 0 bridgehead atoms. The molecule has 116 valence electrons. The third-order valence-electron chi connectivity index (χ3n) is 2.90. The maximum Gasteiger partial charge on any atom is 0.250 e. The monoisotopic (exact) mass is 318 g/mol. The average molecular weight is 319 g/mol. The Morgan fingerprint density at radius 1 is 1.20 bits per heavy atom. The Bertz CT molecular complexity index is 481. The Hall–Kier alpha value is -0.430. The van der Waals surface area contributed by atoms with Gasteiger partial charge in [0.1, 0.15) is 4.21 Å². The summed E-state index contributed by atoms with van der Waals surface area (Å²) in [7, 11) is -3.31. The molecule has 0 unspecified atom stereocenters. The van der Waals surface area contributed by atoms with Crippen molar-refractivity contribution in [1.82, 2.24) is 10.0 Å². The second kappa shape index (κ2) is 8.77. The normalized spacial score (nSPS) is 12.2. The van der Waals surface area contributed by atoms with Crippen LogP contribution in [-0.2, 0) is 16.4 Å². The predicted octanol–water partition coefficient (Wildman–Crippen LogP) is 2.76. The van der Waals surface area contributed by atoms with Gasteiger partial charge in [-0.2, -0.15) is 0 Å². The summed E-state index contributed by atoms with van der Waals surface area (Å²) in [6.07, 6.45) is 3.91. The molecular weight excluding hydrogens is 292 g/mol. The minimum atomic E-state index is -3.31. The van der Waals surface area contributed by atoms with Crippen LogP contribution in [0, 0.1) is 0 Å². The van der Waals surface area contributed by atoms with Crippen molar-refractivity contribution in [2.75, 3.05) is 13.1 Å². The maximum atomic E-state index is 12.1. The Labute approximate surface area is 127 Å². The van der Waals surface area contributed by atoms with E-state index in [0.29, 0.717) is 16.8 Å². The second-order valence-corrected chi connectivity index (χ2v) is 8.35. The molecule has 0 radical (unpaired) electrons.